The van der Waals surface area contributed by atoms with Gasteiger partial charge in [0.1, 0.15) is 5.69 Å². The fourth-order valence-corrected chi connectivity index (χ4v) is 3.76. The highest BCUT2D eigenvalue weighted by atomic mass is 35.5. The Balaban J connectivity index is 1.79. The summed E-state index contributed by atoms with van der Waals surface area (Å²) in [5.74, 6) is -3.68. The van der Waals surface area contributed by atoms with Gasteiger partial charge in [0.15, 0.2) is 5.60 Å². The van der Waals surface area contributed by atoms with E-state index in [4.69, 9.17) is 16.3 Å². The molecule has 9 heteroatoms. The number of aryl methyl sites for hydroxylation is 1. The summed E-state index contributed by atoms with van der Waals surface area (Å²) in [5.41, 5.74) is 1.15. The highest BCUT2D eigenvalue weighted by Crippen LogP contribution is 2.28. The molecule has 0 aliphatic rings. The highest BCUT2D eigenvalue weighted by molar-refractivity contribution is 6.30. The Bertz CT molecular complexity index is 1170. The number of ether oxygens (including phenoxy) is 1. The average Bonchev–Trinajstić information content (AvgIpc) is 2.78. The average molecular weight is 503 g/mol. The zero-order valence-electron chi connectivity index (χ0n) is 20.3. The second-order valence-electron chi connectivity index (χ2n) is 9.22. The molecule has 0 fully saturated rings. The molecule has 1 aromatic carbocycles. The first-order chi connectivity index (χ1) is 16.3. The Hall–Kier alpha value is -3.13. The van der Waals surface area contributed by atoms with Gasteiger partial charge in [-0.15, -0.1) is 0 Å². The second kappa shape index (κ2) is 10.6. The molecule has 35 heavy (non-hydrogen) atoms. The SMILES string of the molecule is Cc1cncc(C(Cc2ccc(Cl)cc2)C(C)NC(=O)C(C)(C)Oc2nccc(C(C)(F)F)n2)c1. The van der Waals surface area contributed by atoms with E-state index >= 15 is 0 Å². The largest absolute Gasteiger partial charge is 0.447 e. The fraction of sp³-hybridized carbons (Fsp3) is 0.385. The lowest BCUT2D eigenvalue weighted by molar-refractivity contribution is -0.135. The van der Waals surface area contributed by atoms with E-state index < -0.39 is 23.1 Å². The first-order valence-electron chi connectivity index (χ1n) is 11.2. The molecule has 3 aromatic rings. The molecule has 0 saturated carbocycles. The third kappa shape index (κ3) is 7.18. The summed E-state index contributed by atoms with van der Waals surface area (Å²) < 4.78 is 32.9. The van der Waals surface area contributed by atoms with Crippen molar-refractivity contribution in [3.05, 3.63) is 82.4 Å². The van der Waals surface area contributed by atoms with Crippen LogP contribution >= 0.6 is 11.6 Å². The van der Waals surface area contributed by atoms with Crippen LogP contribution in [0.15, 0.2) is 55.0 Å². The van der Waals surface area contributed by atoms with E-state index in [0.29, 0.717) is 11.4 Å². The smallest absolute Gasteiger partial charge is 0.317 e. The minimum Gasteiger partial charge on any atom is -0.447 e. The molecule has 0 aliphatic heterocycles. The van der Waals surface area contributed by atoms with Gasteiger partial charge in [0.25, 0.3) is 11.8 Å². The van der Waals surface area contributed by atoms with Crippen LogP contribution in [0.2, 0.25) is 5.02 Å². The number of rotatable bonds is 9. The standard InChI is InChI=1S/C26H29ClF2N4O2/c1-16-12-19(15-30-14-16)21(13-18-6-8-20(27)9-7-18)17(2)32-23(34)25(3,4)35-24-31-11-10-22(33-24)26(5,28)29/h6-12,14-15,17,21H,13H2,1-5H3,(H,32,34). The lowest BCUT2D eigenvalue weighted by Gasteiger charge is -2.30. The minimum absolute atomic E-state index is 0.0957. The molecule has 2 heterocycles. The van der Waals surface area contributed by atoms with Crippen molar-refractivity contribution in [3.63, 3.8) is 0 Å². The number of carbonyl (C=O) groups is 1. The van der Waals surface area contributed by atoms with E-state index in [9.17, 15) is 13.6 Å². The number of hydrogen-bond donors (Lipinski definition) is 1. The monoisotopic (exact) mass is 502 g/mol. The normalized spacial score (nSPS) is 13.7. The van der Waals surface area contributed by atoms with E-state index in [1.165, 1.54) is 20.0 Å². The predicted molar refractivity (Wildman–Crippen MR) is 131 cm³/mol. The minimum atomic E-state index is -3.15. The third-order valence-corrected chi connectivity index (χ3v) is 5.88. The molecule has 0 aliphatic carbocycles. The maximum atomic E-state index is 13.6. The Kier molecular flexibility index (Phi) is 8.05. The lowest BCUT2D eigenvalue weighted by Crippen LogP contribution is -2.51. The zero-order chi connectivity index (χ0) is 25.8. The number of aromatic nitrogens is 3. The van der Waals surface area contributed by atoms with Crippen molar-refractivity contribution in [1.82, 2.24) is 20.3 Å². The maximum absolute atomic E-state index is 13.6. The molecule has 2 aromatic heterocycles. The lowest BCUT2D eigenvalue weighted by atomic mass is 9.86. The quantitative estimate of drug-likeness (QED) is 0.410. The number of carbonyl (C=O) groups excluding carboxylic acids is 1. The van der Waals surface area contributed by atoms with E-state index in [1.54, 1.807) is 12.4 Å². The molecule has 0 radical (unpaired) electrons. The van der Waals surface area contributed by atoms with Crippen LogP contribution in [0.5, 0.6) is 6.01 Å². The van der Waals surface area contributed by atoms with Gasteiger partial charge in [0, 0.05) is 42.5 Å². The molecule has 6 nitrogen and oxygen atoms in total. The summed E-state index contributed by atoms with van der Waals surface area (Å²) in [7, 11) is 0. The molecule has 3 rings (SSSR count). The molecular weight excluding hydrogens is 474 g/mol. The molecule has 0 saturated heterocycles. The van der Waals surface area contributed by atoms with Crippen molar-refractivity contribution in [3.8, 4) is 6.01 Å². The van der Waals surface area contributed by atoms with Crippen molar-refractivity contribution >= 4 is 17.5 Å². The van der Waals surface area contributed by atoms with Gasteiger partial charge in [0.2, 0.25) is 0 Å². The van der Waals surface area contributed by atoms with Gasteiger partial charge < -0.3 is 10.1 Å². The molecule has 1 N–H and O–H groups in total. The number of halogens is 3. The zero-order valence-corrected chi connectivity index (χ0v) is 21.1. The Morgan fingerprint density at radius 3 is 2.46 bits per heavy atom. The summed E-state index contributed by atoms with van der Waals surface area (Å²) in [6, 6.07) is 10.1. The number of amides is 1. The predicted octanol–water partition coefficient (Wildman–Crippen LogP) is 5.63. The number of nitrogens with zero attached hydrogens (tertiary/aromatic N) is 3. The molecule has 2 unspecified atom stereocenters. The van der Waals surface area contributed by atoms with E-state index in [1.807, 2.05) is 44.2 Å². The van der Waals surface area contributed by atoms with Crippen LogP contribution in [0.1, 0.15) is 56.0 Å². The topological polar surface area (TPSA) is 77.0 Å². The first-order valence-corrected chi connectivity index (χ1v) is 11.6. The number of pyridine rings is 1. The number of hydrogen-bond acceptors (Lipinski definition) is 5. The summed E-state index contributed by atoms with van der Waals surface area (Å²) >= 11 is 6.04. The number of benzene rings is 1. The fourth-order valence-electron chi connectivity index (χ4n) is 3.63. The van der Waals surface area contributed by atoms with Crippen LogP contribution < -0.4 is 10.1 Å². The molecular formula is C26H29ClF2N4O2. The van der Waals surface area contributed by atoms with Gasteiger partial charge in [0.05, 0.1) is 0 Å². The Morgan fingerprint density at radius 1 is 1.14 bits per heavy atom. The third-order valence-electron chi connectivity index (χ3n) is 5.63. The van der Waals surface area contributed by atoms with Crippen LogP contribution in [0.4, 0.5) is 8.78 Å². The van der Waals surface area contributed by atoms with E-state index in [2.05, 4.69) is 20.3 Å². The van der Waals surface area contributed by atoms with Crippen LogP contribution in [-0.4, -0.2) is 32.5 Å². The van der Waals surface area contributed by atoms with Gasteiger partial charge in [-0.25, -0.2) is 4.98 Å². The summed E-state index contributed by atoms with van der Waals surface area (Å²) in [6.45, 7) is 7.68. The van der Waals surface area contributed by atoms with Crippen LogP contribution in [0, 0.1) is 6.92 Å². The molecule has 0 spiro atoms. The highest BCUT2D eigenvalue weighted by Gasteiger charge is 2.35. The van der Waals surface area contributed by atoms with Crippen LogP contribution in [0.3, 0.4) is 0 Å². The summed E-state index contributed by atoms with van der Waals surface area (Å²) in [6.07, 6.45) is 5.39. The molecule has 0 bridgehead atoms. The van der Waals surface area contributed by atoms with Gasteiger partial charge in [-0.3, -0.25) is 9.78 Å². The van der Waals surface area contributed by atoms with Crippen LogP contribution in [-0.2, 0) is 17.1 Å². The molecule has 1 amide bonds. The van der Waals surface area contributed by atoms with Crippen molar-refractivity contribution in [2.75, 3.05) is 0 Å². The van der Waals surface area contributed by atoms with Crippen molar-refractivity contribution in [1.29, 1.82) is 0 Å². The van der Waals surface area contributed by atoms with Crippen molar-refractivity contribution in [2.45, 2.75) is 64.5 Å². The first kappa shape index (κ1) is 26.5. The number of nitrogens with one attached hydrogen (secondary N) is 1. The molecule has 186 valence electrons. The summed E-state index contributed by atoms with van der Waals surface area (Å²) in [5, 5.41) is 3.66. The summed E-state index contributed by atoms with van der Waals surface area (Å²) in [4.78, 5) is 25.2. The molecule has 2 atom stereocenters. The van der Waals surface area contributed by atoms with Gasteiger partial charge in [-0.05, 0) is 69.0 Å². The number of alkyl halides is 2. The maximum Gasteiger partial charge on any atom is 0.317 e. The van der Waals surface area contributed by atoms with Crippen molar-refractivity contribution in [2.24, 2.45) is 0 Å². The van der Waals surface area contributed by atoms with Crippen molar-refractivity contribution < 1.29 is 18.3 Å². The Morgan fingerprint density at radius 2 is 1.83 bits per heavy atom. The second-order valence-corrected chi connectivity index (χ2v) is 9.66. The van der Waals surface area contributed by atoms with Gasteiger partial charge >= 0.3 is 6.01 Å². The van der Waals surface area contributed by atoms with E-state index in [-0.39, 0.29) is 18.0 Å². The Labute approximate surface area is 209 Å². The van der Waals surface area contributed by atoms with Gasteiger partial charge in [-0.1, -0.05) is 29.8 Å². The van der Waals surface area contributed by atoms with Crippen LogP contribution in [0.25, 0.3) is 0 Å². The van der Waals surface area contributed by atoms with Gasteiger partial charge in [-0.2, -0.15) is 13.8 Å². The van der Waals surface area contributed by atoms with E-state index in [0.717, 1.165) is 29.7 Å².